The van der Waals surface area contributed by atoms with Gasteiger partial charge in [-0.1, -0.05) is 34.8 Å². The number of nitrogens with zero attached hydrogens (tertiary/aromatic N) is 4. The first-order valence-electron chi connectivity index (χ1n) is 7.55. The van der Waals surface area contributed by atoms with E-state index in [1.165, 1.54) is 32.4 Å². The topological polar surface area (TPSA) is 46.0 Å². The highest BCUT2D eigenvalue weighted by Crippen LogP contribution is 2.27. The molecule has 5 nitrogen and oxygen atoms in total. The molecule has 1 aromatic carbocycles. The Morgan fingerprint density at radius 3 is 2.61 bits per heavy atom. The molecule has 23 heavy (non-hydrogen) atoms. The SMILES string of the molecule is Cl.Clc1ccc(Nc2cn(CCN3CCCCC3)nn2)c(Cl)c1. The Morgan fingerprint density at radius 2 is 1.87 bits per heavy atom. The van der Waals surface area contributed by atoms with Gasteiger partial charge in [0, 0.05) is 11.6 Å². The van der Waals surface area contributed by atoms with Crippen LogP contribution in [0.15, 0.2) is 24.4 Å². The Kier molecular flexibility index (Phi) is 6.96. The number of rotatable bonds is 5. The predicted molar refractivity (Wildman–Crippen MR) is 97.3 cm³/mol. The zero-order valence-corrected chi connectivity index (χ0v) is 15.0. The van der Waals surface area contributed by atoms with Gasteiger partial charge in [-0.05, 0) is 44.1 Å². The van der Waals surface area contributed by atoms with Gasteiger partial charge in [-0.3, -0.25) is 0 Å². The first-order valence-corrected chi connectivity index (χ1v) is 8.31. The van der Waals surface area contributed by atoms with Gasteiger partial charge in [-0.15, -0.1) is 17.5 Å². The van der Waals surface area contributed by atoms with Crippen LogP contribution < -0.4 is 5.32 Å². The lowest BCUT2D eigenvalue weighted by Crippen LogP contribution is -2.32. The van der Waals surface area contributed by atoms with Gasteiger partial charge in [0.1, 0.15) is 0 Å². The predicted octanol–water partition coefficient (Wildman–Crippen LogP) is 4.24. The summed E-state index contributed by atoms with van der Waals surface area (Å²) in [6, 6.07) is 5.32. The summed E-state index contributed by atoms with van der Waals surface area (Å²) < 4.78 is 1.86. The van der Waals surface area contributed by atoms with E-state index < -0.39 is 0 Å². The molecule has 0 aliphatic carbocycles. The molecule has 1 N–H and O–H groups in total. The van der Waals surface area contributed by atoms with Gasteiger partial charge in [0.05, 0.1) is 23.5 Å². The lowest BCUT2D eigenvalue weighted by atomic mass is 10.1. The molecule has 2 aromatic rings. The molecule has 0 radical (unpaired) electrons. The fourth-order valence-electron chi connectivity index (χ4n) is 2.62. The summed E-state index contributed by atoms with van der Waals surface area (Å²) in [5.41, 5.74) is 0.772. The van der Waals surface area contributed by atoms with E-state index in [0.717, 1.165) is 18.8 Å². The Hall–Kier alpha value is -1.01. The summed E-state index contributed by atoms with van der Waals surface area (Å²) in [5.74, 6) is 0.683. The Balaban J connectivity index is 0.00000192. The summed E-state index contributed by atoms with van der Waals surface area (Å²) in [5, 5.41) is 12.6. The maximum absolute atomic E-state index is 6.14. The van der Waals surface area contributed by atoms with Crippen molar-refractivity contribution in [2.75, 3.05) is 25.0 Å². The van der Waals surface area contributed by atoms with E-state index in [4.69, 9.17) is 23.2 Å². The molecule has 0 atom stereocenters. The molecular formula is C15H20Cl3N5. The van der Waals surface area contributed by atoms with Crippen LogP contribution in [0.25, 0.3) is 0 Å². The third kappa shape index (κ3) is 5.24. The third-order valence-corrected chi connectivity index (χ3v) is 4.37. The molecule has 0 bridgehead atoms. The number of likely N-dealkylation sites (tertiary alicyclic amines) is 1. The van der Waals surface area contributed by atoms with Crippen LogP contribution in [0.3, 0.4) is 0 Å². The highest BCUT2D eigenvalue weighted by atomic mass is 35.5. The van der Waals surface area contributed by atoms with Crippen molar-refractivity contribution in [3.05, 3.63) is 34.4 Å². The van der Waals surface area contributed by atoms with Crippen molar-refractivity contribution in [1.29, 1.82) is 0 Å². The second-order valence-corrected chi connectivity index (χ2v) is 6.36. The van der Waals surface area contributed by atoms with Gasteiger partial charge in [-0.25, -0.2) is 4.68 Å². The Morgan fingerprint density at radius 1 is 1.09 bits per heavy atom. The first kappa shape index (κ1) is 18.3. The van der Waals surface area contributed by atoms with Crippen molar-refractivity contribution < 1.29 is 0 Å². The van der Waals surface area contributed by atoms with E-state index in [1.54, 1.807) is 12.1 Å². The minimum absolute atomic E-state index is 0. The van der Waals surface area contributed by atoms with Crippen LogP contribution in [0, 0.1) is 0 Å². The van der Waals surface area contributed by atoms with Crippen molar-refractivity contribution in [1.82, 2.24) is 19.9 Å². The molecule has 2 heterocycles. The maximum Gasteiger partial charge on any atom is 0.172 e. The number of anilines is 2. The third-order valence-electron chi connectivity index (χ3n) is 3.83. The van der Waals surface area contributed by atoms with Gasteiger partial charge in [0.2, 0.25) is 0 Å². The van der Waals surface area contributed by atoms with Crippen molar-refractivity contribution in [3.63, 3.8) is 0 Å². The van der Waals surface area contributed by atoms with Crippen LogP contribution in [0.2, 0.25) is 10.0 Å². The van der Waals surface area contributed by atoms with Gasteiger partial charge < -0.3 is 10.2 Å². The summed E-state index contributed by atoms with van der Waals surface area (Å²) in [7, 11) is 0. The normalized spacial score (nSPS) is 15.2. The number of piperidine rings is 1. The summed E-state index contributed by atoms with van der Waals surface area (Å²) in [6.45, 7) is 4.26. The largest absolute Gasteiger partial charge is 0.336 e. The monoisotopic (exact) mass is 375 g/mol. The van der Waals surface area contributed by atoms with Crippen LogP contribution in [-0.2, 0) is 6.54 Å². The number of hydrogen-bond donors (Lipinski definition) is 1. The van der Waals surface area contributed by atoms with E-state index in [2.05, 4.69) is 20.5 Å². The molecule has 1 saturated heterocycles. The van der Waals surface area contributed by atoms with Crippen LogP contribution in [0.5, 0.6) is 0 Å². The fraction of sp³-hybridized carbons (Fsp3) is 0.467. The van der Waals surface area contributed by atoms with Crippen LogP contribution in [0.1, 0.15) is 19.3 Å². The molecule has 1 fully saturated rings. The highest BCUT2D eigenvalue weighted by Gasteiger charge is 2.10. The summed E-state index contributed by atoms with van der Waals surface area (Å²) >= 11 is 12.0. The summed E-state index contributed by atoms with van der Waals surface area (Å²) in [4.78, 5) is 2.48. The minimum atomic E-state index is 0. The standard InChI is InChI=1S/C15H19Cl2N5.ClH/c16-12-4-5-14(13(17)10-12)18-15-11-22(20-19-15)9-8-21-6-2-1-3-7-21;/h4-5,10-11,18H,1-3,6-9H2;1H. The molecule has 1 aliphatic heterocycles. The molecule has 0 amide bonds. The van der Waals surface area contributed by atoms with Crippen molar-refractivity contribution in [2.24, 2.45) is 0 Å². The van der Waals surface area contributed by atoms with Gasteiger partial charge in [0.15, 0.2) is 5.82 Å². The molecule has 0 unspecified atom stereocenters. The van der Waals surface area contributed by atoms with Crippen LogP contribution in [-0.4, -0.2) is 39.5 Å². The number of nitrogens with one attached hydrogen (secondary N) is 1. The molecule has 0 spiro atoms. The van der Waals surface area contributed by atoms with E-state index in [9.17, 15) is 0 Å². The van der Waals surface area contributed by atoms with E-state index >= 15 is 0 Å². The van der Waals surface area contributed by atoms with Gasteiger partial charge >= 0.3 is 0 Å². The average molecular weight is 377 g/mol. The molecule has 3 rings (SSSR count). The van der Waals surface area contributed by atoms with Crippen LogP contribution >= 0.6 is 35.6 Å². The number of halogens is 3. The van der Waals surface area contributed by atoms with Crippen LogP contribution in [0.4, 0.5) is 11.5 Å². The van der Waals surface area contributed by atoms with Crippen molar-refractivity contribution >= 4 is 47.1 Å². The molecule has 8 heteroatoms. The quantitative estimate of drug-likeness (QED) is 0.848. The minimum Gasteiger partial charge on any atom is -0.336 e. The Bertz CT molecular complexity index is 625. The van der Waals surface area contributed by atoms with E-state index in [1.807, 2.05) is 16.9 Å². The lowest BCUT2D eigenvalue weighted by molar-refractivity contribution is 0.217. The zero-order valence-electron chi connectivity index (χ0n) is 12.7. The van der Waals surface area contributed by atoms with Gasteiger partial charge in [-0.2, -0.15) is 0 Å². The second kappa shape index (κ2) is 8.73. The highest BCUT2D eigenvalue weighted by molar-refractivity contribution is 6.36. The fourth-order valence-corrected chi connectivity index (χ4v) is 3.08. The van der Waals surface area contributed by atoms with Crippen molar-refractivity contribution in [3.8, 4) is 0 Å². The number of benzene rings is 1. The number of aromatic nitrogens is 3. The van der Waals surface area contributed by atoms with E-state index in [0.29, 0.717) is 15.9 Å². The van der Waals surface area contributed by atoms with Crippen molar-refractivity contribution in [2.45, 2.75) is 25.8 Å². The Labute approximate surface area is 152 Å². The maximum atomic E-state index is 6.14. The summed E-state index contributed by atoms with van der Waals surface area (Å²) in [6.07, 6.45) is 5.86. The molecular weight excluding hydrogens is 357 g/mol. The molecule has 1 aliphatic rings. The molecule has 126 valence electrons. The smallest absolute Gasteiger partial charge is 0.172 e. The second-order valence-electron chi connectivity index (χ2n) is 5.52. The molecule has 1 aromatic heterocycles. The average Bonchev–Trinajstić information content (AvgIpc) is 2.97. The number of hydrogen-bond acceptors (Lipinski definition) is 4. The first-order chi connectivity index (χ1) is 10.7. The zero-order chi connectivity index (χ0) is 15.4. The lowest BCUT2D eigenvalue weighted by Gasteiger charge is -2.25. The van der Waals surface area contributed by atoms with Gasteiger partial charge in [0.25, 0.3) is 0 Å². The van der Waals surface area contributed by atoms with E-state index in [-0.39, 0.29) is 12.4 Å². The molecule has 0 saturated carbocycles.